The molecule has 1 aliphatic rings. The molecule has 0 unspecified atom stereocenters. The predicted octanol–water partition coefficient (Wildman–Crippen LogP) is 5.27. The molecule has 3 aromatic rings. The highest BCUT2D eigenvalue weighted by molar-refractivity contribution is 6.08. The van der Waals surface area contributed by atoms with Gasteiger partial charge in [0.1, 0.15) is 0 Å². The SMILES string of the molecule is Cc1ccc(C2=Nc3ccccc3N(c3ccccc3)C2)cc1. The Hall–Kier alpha value is -2.87. The van der Waals surface area contributed by atoms with Crippen molar-refractivity contribution in [3.63, 3.8) is 0 Å². The van der Waals surface area contributed by atoms with Crippen LogP contribution >= 0.6 is 0 Å². The molecule has 0 aliphatic carbocycles. The fourth-order valence-electron chi connectivity index (χ4n) is 2.94. The van der Waals surface area contributed by atoms with E-state index in [1.54, 1.807) is 0 Å². The van der Waals surface area contributed by atoms with Crippen LogP contribution in [0.15, 0.2) is 83.9 Å². The van der Waals surface area contributed by atoms with Gasteiger partial charge in [-0.05, 0) is 36.8 Å². The summed E-state index contributed by atoms with van der Waals surface area (Å²) in [6, 6.07) is 27.4. The van der Waals surface area contributed by atoms with Crippen molar-refractivity contribution in [2.24, 2.45) is 4.99 Å². The third-order valence-corrected chi connectivity index (χ3v) is 4.19. The first-order valence-electron chi connectivity index (χ1n) is 7.87. The van der Waals surface area contributed by atoms with E-state index in [1.165, 1.54) is 16.8 Å². The Balaban J connectivity index is 1.82. The van der Waals surface area contributed by atoms with Crippen LogP contribution in [0.5, 0.6) is 0 Å². The topological polar surface area (TPSA) is 15.6 Å². The molecule has 23 heavy (non-hydrogen) atoms. The highest BCUT2D eigenvalue weighted by Crippen LogP contribution is 2.37. The van der Waals surface area contributed by atoms with E-state index in [4.69, 9.17) is 4.99 Å². The van der Waals surface area contributed by atoms with Gasteiger partial charge < -0.3 is 4.90 Å². The Labute approximate surface area is 136 Å². The number of benzene rings is 3. The van der Waals surface area contributed by atoms with E-state index in [0.29, 0.717) is 0 Å². The third kappa shape index (κ3) is 2.64. The molecule has 0 bridgehead atoms. The summed E-state index contributed by atoms with van der Waals surface area (Å²) in [5, 5.41) is 0. The molecular weight excluding hydrogens is 280 g/mol. The van der Waals surface area contributed by atoms with E-state index in [0.717, 1.165) is 23.6 Å². The van der Waals surface area contributed by atoms with Crippen LogP contribution in [0.2, 0.25) is 0 Å². The van der Waals surface area contributed by atoms with Crippen LogP contribution < -0.4 is 4.90 Å². The number of aryl methyl sites for hydroxylation is 1. The summed E-state index contributed by atoms with van der Waals surface area (Å²) in [6.45, 7) is 2.89. The second-order valence-electron chi connectivity index (χ2n) is 5.83. The van der Waals surface area contributed by atoms with Crippen molar-refractivity contribution in [1.29, 1.82) is 0 Å². The van der Waals surface area contributed by atoms with Crippen LogP contribution in [0, 0.1) is 6.92 Å². The van der Waals surface area contributed by atoms with Crippen LogP contribution in [-0.2, 0) is 0 Å². The molecule has 1 aliphatic heterocycles. The van der Waals surface area contributed by atoms with Crippen molar-refractivity contribution in [3.8, 4) is 0 Å². The maximum atomic E-state index is 4.90. The van der Waals surface area contributed by atoms with Gasteiger partial charge in [0, 0.05) is 5.69 Å². The van der Waals surface area contributed by atoms with Crippen LogP contribution in [-0.4, -0.2) is 12.3 Å². The predicted molar refractivity (Wildman–Crippen MR) is 97.3 cm³/mol. The van der Waals surface area contributed by atoms with Crippen LogP contribution in [0.25, 0.3) is 0 Å². The summed E-state index contributed by atoms with van der Waals surface area (Å²) in [7, 11) is 0. The molecule has 2 nitrogen and oxygen atoms in total. The monoisotopic (exact) mass is 298 g/mol. The van der Waals surface area contributed by atoms with E-state index in [-0.39, 0.29) is 0 Å². The largest absolute Gasteiger partial charge is 0.334 e. The van der Waals surface area contributed by atoms with Crippen LogP contribution in [0.4, 0.5) is 17.1 Å². The molecule has 0 atom stereocenters. The van der Waals surface area contributed by atoms with Gasteiger partial charge >= 0.3 is 0 Å². The van der Waals surface area contributed by atoms with Crippen molar-refractivity contribution in [3.05, 3.63) is 90.0 Å². The number of para-hydroxylation sites is 3. The minimum absolute atomic E-state index is 0.782. The fourth-order valence-corrected chi connectivity index (χ4v) is 2.94. The smallest absolute Gasteiger partial charge is 0.0871 e. The van der Waals surface area contributed by atoms with Gasteiger partial charge in [-0.1, -0.05) is 60.2 Å². The fraction of sp³-hybridized carbons (Fsp3) is 0.0952. The van der Waals surface area contributed by atoms with Crippen molar-refractivity contribution in [1.82, 2.24) is 0 Å². The first-order chi connectivity index (χ1) is 11.3. The molecule has 2 heteroatoms. The minimum Gasteiger partial charge on any atom is -0.334 e. The van der Waals surface area contributed by atoms with Gasteiger partial charge in [0.2, 0.25) is 0 Å². The van der Waals surface area contributed by atoms with E-state index >= 15 is 0 Å². The lowest BCUT2D eigenvalue weighted by Crippen LogP contribution is -2.28. The zero-order chi connectivity index (χ0) is 15.6. The summed E-state index contributed by atoms with van der Waals surface area (Å²) in [4.78, 5) is 7.23. The number of aliphatic imine (C=N–C) groups is 1. The van der Waals surface area contributed by atoms with Gasteiger partial charge in [-0.25, -0.2) is 4.99 Å². The van der Waals surface area contributed by atoms with Gasteiger partial charge in [0.25, 0.3) is 0 Å². The summed E-state index contributed by atoms with van der Waals surface area (Å²) in [5.74, 6) is 0. The Morgan fingerprint density at radius 1 is 0.783 bits per heavy atom. The maximum absolute atomic E-state index is 4.90. The summed E-state index contributed by atoms with van der Waals surface area (Å²) in [6.07, 6.45) is 0. The molecule has 0 radical (unpaired) electrons. The average Bonchev–Trinajstić information content (AvgIpc) is 2.62. The lowest BCUT2D eigenvalue weighted by atomic mass is 10.0. The zero-order valence-electron chi connectivity index (χ0n) is 13.1. The number of anilines is 2. The molecule has 3 aromatic carbocycles. The number of hydrogen-bond donors (Lipinski definition) is 0. The first-order valence-corrected chi connectivity index (χ1v) is 7.87. The molecule has 0 fully saturated rings. The van der Waals surface area contributed by atoms with Gasteiger partial charge in [-0.15, -0.1) is 0 Å². The van der Waals surface area contributed by atoms with Gasteiger partial charge in [0.05, 0.1) is 23.6 Å². The average molecular weight is 298 g/mol. The first kappa shape index (κ1) is 13.8. The third-order valence-electron chi connectivity index (χ3n) is 4.19. The Morgan fingerprint density at radius 2 is 1.48 bits per heavy atom. The molecule has 0 amide bonds. The normalized spacial score (nSPS) is 13.4. The molecule has 0 saturated carbocycles. The Kier molecular flexibility index (Phi) is 3.43. The van der Waals surface area contributed by atoms with E-state index in [2.05, 4.69) is 78.6 Å². The van der Waals surface area contributed by atoms with Crippen molar-refractivity contribution in [2.45, 2.75) is 6.92 Å². The minimum atomic E-state index is 0.782. The van der Waals surface area contributed by atoms with Crippen LogP contribution in [0.1, 0.15) is 11.1 Å². The molecule has 0 spiro atoms. The number of rotatable bonds is 2. The molecule has 112 valence electrons. The molecule has 0 saturated heterocycles. The maximum Gasteiger partial charge on any atom is 0.0871 e. The molecule has 0 aromatic heterocycles. The standard InChI is InChI=1S/C21H18N2/c1-16-11-13-17(14-12-16)20-15-23(18-7-3-2-4-8-18)21-10-6-5-9-19(21)22-20/h2-14H,15H2,1H3. The zero-order valence-corrected chi connectivity index (χ0v) is 13.1. The van der Waals surface area contributed by atoms with Gasteiger partial charge in [0.15, 0.2) is 0 Å². The van der Waals surface area contributed by atoms with E-state index < -0.39 is 0 Å². The van der Waals surface area contributed by atoms with E-state index in [1.807, 2.05) is 12.1 Å². The quantitative estimate of drug-likeness (QED) is 0.629. The lowest BCUT2D eigenvalue weighted by Gasteiger charge is -2.30. The van der Waals surface area contributed by atoms with Gasteiger partial charge in [-0.3, -0.25) is 0 Å². The van der Waals surface area contributed by atoms with Crippen LogP contribution in [0.3, 0.4) is 0 Å². The second kappa shape index (κ2) is 5.73. The van der Waals surface area contributed by atoms with Crippen molar-refractivity contribution >= 4 is 22.8 Å². The lowest BCUT2D eigenvalue weighted by molar-refractivity contribution is 1.10. The number of hydrogen-bond acceptors (Lipinski definition) is 2. The van der Waals surface area contributed by atoms with Crippen molar-refractivity contribution < 1.29 is 0 Å². The number of nitrogens with zero attached hydrogens (tertiary/aromatic N) is 2. The Bertz CT molecular complexity index is 849. The second-order valence-corrected chi connectivity index (χ2v) is 5.83. The van der Waals surface area contributed by atoms with E-state index in [9.17, 15) is 0 Å². The summed E-state index contributed by atoms with van der Waals surface area (Å²) in [5.41, 5.74) is 6.94. The molecular formula is C21H18N2. The molecule has 0 N–H and O–H groups in total. The summed E-state index contributed by atoms with van der Waals surface area (Å²) >= 11 is 0. The number of fused-ring (bicyclic) bond motifs is 1. The molecule has 4 rings (SSSR count). The molecule has 1 heterocycles. The van der Waals surface area contributed by atoms with Gasteiger partial charge in [-0.2, -0.15) is 0 Å². The Morgan fingerprint density at radius 3 is 2.26 bits per heavy atom. The highest BCUT2D eigenvalue weighted by Gasteiger charge is 2.21. The highest BCUT2D eigenvalue weighted by atomic mass is 15.2. The summed E-state index contributed by atoms with van der Waals surface area (Å²) < 4.78 is 0. The van der Waals surface area contributed by atoms with Crippen molar-refractivity contribution in [2.75, 3.05) is 11.4 Å².